The van der Waals surface area contributed by atoms with Crippen molar-refractivity contribution in [2.75, 3.05) is 6.26 Å². The van der Waals surface area contributed by atoms with E-state index >= 15 is 0 Å². The van der Waals surface area contributed by atoms with Crippen molar-refractivity contribution in [2.45, 2.75) is 18.1 Å². The van der Waals surface area contributed by atoms with E-state index in [4.69, 9.17) is 0 Å². The van der Waals surface area contributed by atoms with Crippen molar-refractivity contribution in [3.8, 4) is 6.07 Å². The Balaban J connectivity index is 2.35. The van der Waals surface area contributed by atoms with Gasteiger partial charge in [0.1, 0.15) is 17.3 Å². The number of benzene rings is 1. The number of thioether (sulfide) groups is 1. The Kier molecular flexibility index (Phi) is 4.13. The summed E-state index contributed by atoms with van der Waals surface area (Å²) in [6, 6.07) is 13.0. The molecule has 0 aliphatic heterocycles. The highest BCUT2D eigenvalue weighted by atomic mass is 32.2. The van der Waals surface area contributed by atoms with Gasteiger partial charge < -0.3 is 0 Å². The first-order valence-electron chi connectivity index (χ1n) is 7.07. The molecule has 5 nitrogen and oxygen atoms in total. The number of hydrogen-bond donors (Lipinski definition) is 0. The Hall–Kier alpha value is -2.65. The molecular weight excluding hydrogens is 308 g/mol. The van der Waals surface area contributed by atoms with Crippen LogP contribution in [0.3, 0.4) is 0 Å². The summed E-state index contributed by atoms with van der Waals surface area (Å²) in [6.45, 7) is 1.93. The average molecular weight is 322 g/mol. The largest absolute Gasteiger partial charge is 0.284 e. The molecule has 1 atom stereocenters. The molecule has 0 N–H and O–H groups in total. The molecule has 0 radical (unpaired) electrons. The molecule has 2 heterocycles. The van der Waals surface area contributed by atoms with E-state index in [2.05, 4.69) is 9.97 Å². The van der Waals surface area contributed by atoms with Gasteiger partial charge in [-0.3, -0.25) is 9.36 Å². The van der Waals surface area contributed by atoms with E-state index in [9.17, 15) is 10.1 Å². The summed E-state index contributed by atoms with van der Waals surface area (Å²) in [5, 5.41) is 10.5. The lowest BCUT2D eigenvalue weighted by atomic mass is 10.1. The molecule has 0 spiro atoms. The van der Waals surface area contributed by atoms with Crippen LogP contribution in [-0.2, 0) is 0 Å². The van der Waals surface area contributed by atoms with Crippen molar-refractivity contribution < 1.29 is 0 Å². The molecule has 1 unspecified atom stereocenters. The van der Waals surface area contributed by atoms with Crippen LogP contribution in [0.25, 0.3) is 11.0 Å². The number of pyridine rings is 1. The zero-order chi connectivity index (χ0) is 16.4. The van der Waals surface area contributed by atoms with Crippen LogP contribution in [0.2, 0.25) is 0 Å². The van der Waals surface area contributed by atoms with Gasteiger partial charge in [-0.05, 0) is 24.8 Å². The Bertz CT molecular complexity index is 960. The molecular formula is C17H14N4OS. The monoisotopic (exact) mass is 322 g/mol. The number of aromatic nitrogens is 3. The molecule has 6 heteroatoms. The third kappa shape index (κ3) is 2.71. The van der Waals surface area contributed by atoms with Gasteiger partial charge in [-0.15, -0.1) is 0 Å². The van der Waals surface area contributed by atoms with Crippen molar-refractivity contribution in [2.24, 2.45) is 0 Å². The lowest BCUT2D eigenvalue weighted by Gasteiger charge is -2.18. The maximum absolute atomic E-state index is 12.7. The van der Waals surface area contributed by atoms with E-state index in [1.54, 1.807) is 16.8 Å². The number of nitriles is 1. The summed E-state index contributed by atoms with van der Waals surface area (Å²) in [4.78, 5) is 21.4. The summed E-state index contributed by atoms with van der Waals surface area (Å²) in [7, 11) is 0. The maximum Gasteiger partial charge on any atom is 0.270 e. The molecule has 0 saturated heterocycles. The zero-order valence-corrected chi connectivity index (χ0v) is 13.5. The predicted octanol–water partition coefficient (Wildman–Crippen LogP) is 2.99. The molecule has 0 fully saturated rings. The van der Waals surface area contributed by atoms with Crippen LogP contribution in [0, 0.1) is 11.3 Å². The second-order valence-corrected chi connectivity index (χ2v) is 5.84. The first-order valence-corrected chi connectivity index (χ1v) is 8.29. The molecule has 23 heavy (non-hydrogen) atoms. The van der Waals surface area contributed by atoms with Gasteiger partial charge in [0.25, 0.3) is 5.56 Å². The first kappa shape index (κ1) is 15.3. The predicted molar refractivity (Wildman–Crippen MR) is 90.5 cm³/mol. The van der Waals surface area contributed by atoms with Crippen LogP contribution in [0.1, 0.15) is 24.1 Å². The van der Waals surface area contributed by atoms with Gasteiger partial charge in [0, 0.05) is 11.6 Å². The van der Waals surface area contributed by atoms with Gasteiger partial charge in [0.2, 0.25) is 0 Å². The fraction of sp³-hybridized carbons (Fsp3) is 0.176. The Labute approximate surface area is 137 Å². The Morgan fingerprint density at radius 1 is 1.30 bits per heavy atom. The van der Waals surface area contributed by atoms with E-state index in [1.165, 1.54) is 11.8 Å². The summed E-state index contributed by atoms with van der Waals surface area (Å²) < 4.78 is 1.57. The second kappa shape index (κ2) is 6.23. The van der Waals surface area contributed by atoms with E-state index in [-0.39, 0.29) is 17.2 Å². The lowest BCUT2D eigenvalue weighted by molar-refractivity contribution is 0.628. The van der Waals surface area contributed by atoms with Gasteiger partial charge in [-0.1, -0.05) is 42.1 Å². The minimum atomic E-state index is -0.331. The quantitative estimate of drug-likeness (QED) is 0.547. The lowest BCUT2D eigenvalue weighted by Crippen LogP contribution is -2.27. The molecule has 3 rings (SSSR count). The van der Waals surface area contributed by atoms with Crippen molar-refractivity contribution in [1.82, 2.24) is 14.5 Å². The van der Waals surface area contributed by atoms with Crippen LogP contribution in [0.5, 0.6) is 0 Å². The summed E-state index contributed by atoms with van der Waals surface area (Å²) >= 11 is 1.41. The fourth-order valence-electron chi connectivity index (χ4n) is 2.52. The Morgan fingerprint density at radius 3 is 2.70 bits per heavy atom. The third-order valence-electron chi connectivity index (χ3n) is 3.72. The highest BCUT2D eigenvalue weighted by Gasteiger charge is 2.17. The van der Waals surface area contributed by atoms with Gasteiger partial charge in [-0.25, -0.2) is 9.97 Å². The standard InChI is InChI=1S/C17H14N4OS/c1-11(12-6-4-3-5-7-12)21-15-14(8-13(9-18)16(21)22)10-19-17(20-15)23-2/h3-8,10-11H,1-2H3. The molecule has 3 aromatic rings. The van der Waals surface area contributed by atoms with E-state index < -0.39 is 0 Å². The summed E-state index contributed by atoms with van der Waals surface area (Å²) in [5.74, 6) is 0. The summed E-state index contributed by atoms with van der Waals surface area (Å²) in [6.07, 6.45) is 3.54. The SMILES string of the molecule is CSc1ncc2cc(C#N)c(=O)n(C(C)c3ccccc3)c2n1. The first-order chi connectivity index (χ1) is 11.2. The van der Waals surface area contributed by atoms with Crippen LogP contribution in [0.4, 0.5) is 0 Å². The molecule has 0 aliphatic carbocycles. The van der Waals surface area contributed by atoms with Crippen molar-refractivity contribution in [3.63, 3.8) is 0 Å². The second-order valence-electron chi connectivity index (χ2n) is 5.07. The molecule has 0 aliphatic rings. The van der Waals surface area contributed by atoms with Crippen LogP contribution < -0.4 is 5.56 Å². The van der Waals surface area contributed by atoms with Gasteiger partial charge in [0.05, 0.1) is 6.04 Å². The molecule has 0 amide bonds. The number of fused-ring (bicyclic) bond motifs is 1. The highest BCUT2D eigenvalue weighted by Crippen LogP contribution is 2.22. The third-order valence-corrected chi connectivity index (χ3v) is 4.29. The molecule has 1 aromatic carbocycles. The van der Waals surface area contributed by atoms with Crippen molar-refractivity contribution >= 4 is 22.8 Å². The molecule has 2 aromatic heterocycles. The van der Waals surface area contributed by atoms with E-state index in [0.717, 1.165) is 5.56 Å². The normalized spacial score (nSPS) is 12.0. The summed E-state index contributed by atoms with van der Waals surface area (Å²) in [5.41, 5.74) is 1.29. The molecule has 0 saturated carbocycles. The van der Waals surface area contributed by atoms with Crippen LogP contribution in [-0.4, -0.2) is 20.8 Å². The van der Waals surface area contributed by atoms with Crippen LogP contribution >= 0.6 is 11.8 Å². The topological polar surface area (TPSA) is 71.6 Å². The molecule has 0 bridgehead atoms. The number of hydrogen-bond acceptors (Lipinski definition) is 5. The van der Waals surface area contributed by atoms with E-state index in [1.807, 2.05) is 49.6 Å². The minimum absolute atomic E-state index is 0.0979. The maximum atomic E-state index is 12.7. The van der Waals surface area contributed by atoms with E-state index in [0.29, 0.717) is 16.2 Å². The van der Waals surface area contributed by atoms with Gasteiger partial charge in [0.15, 0.2) is 5.16 Å². The fourth-order valence-corrected chi connectivity index (χ4v) is 2.86. The number of rotatable bonds is 3. The van der Waals surface area contributed by atoms with Gasteiger partial charge >= 0.3 is 0 Å². The zero-order valence-electron chi connectivity index (χ0n) is 12.7. The Morgan fingerprint density at radius 2 is 2.04 bits per heavy atom. The number of nitrogens with zero attached hydrogens (tertiary/aromatic N) is 4. The smallest absolute Gasteiger partial charge is 0.270 e. The van der Waals surface area contributed by atoms with Crippen molar-refractivity contribution in [3.05, 3.63) is 64.1 Å². The van der Waals surface area contributed by atoms with Gasteiger partial charge in [-0.2, -0.15) is 5.26 Å². The van der Waals surface area contributed by atoms with Crippen LogP contribution in [0.15, 0.2) is 52.5 Å². The minimum Gasteiger partial charge on any atom is -0.284 e. The highest BCUT2D eigenvalue weighted by molar-refractivity contribution is 7.98. The molecule has 114 valence electrons. The van der Waals surface area contributed by atoms with Crippen molar-refractivity contribution in [1.29, 1.82) is 5.26 Å². The average Bonchev–Trinajstić information content (AvgIpc) is 2.61.